The van der Waals surface area contributed by atoms with Crippen molar-refractivity contribution in [1.29, 1.82) is 0 Å². The summed E-state index contributed by atoms with van der Waals surface area (Å²) in [5.74, 6) is -3.48. The first-order chi connectivity index (χ1) is 28.8. The molecule has 6 aromatic rings. The molecule has 1 aliphatic heterocycles. The van der Waals surface area contributed by atoms with E-state index in [1.165, 1.54) is 35.0 Å². The van der Waals surface area contributed by atoms with Crippen molar-refractivity contribution in [2.24, 2.45) is 0 Å². The number of aromatic nitrogens is 2. The van der Waals surface area contributed by atoms with Gasteiger partial charge in [0, 0.05) is 30.9 Å². The number of carboxylic acid groups (broad SMARTS) is 1. The lowest BCUT2D eigenvalue weighted by Crippen LogP contribution is -2.37. The molecule has 0 fully saturated rings. The highest BCUT2D eigenvalue weighted by Gasteiger charge is 2.31. The predicted molar refractivity (Wildman–Crippen MR) is 230 cm³/mol. The lowest BCUT2D eigenvalue weighted by molar-refractivity contribution is -0.138. The second-order valence-electron chi connectivity index (χ2n) is 14.8. The van der Waals surface area contributed by atoms with E-state index < -0.39 is 39.6 Å². The van der Waals surface area contributed by atoms with E-state index in [-0.39, 0.29) is 32.4 Å². The largest absolute Gasteiger partial charge is 0.481 e. The molecule has 0 saturated heterocycles. The second kappa shape index (κ2) is 17.5. The third-order valence-corrected chi connectivity index (χ3v) is 12.7. The fourth-order valence-corrected chi connectivity index (χ4v) is 8.74. The van der Waals surface area contributed by atoms with E-state index >= 15 is 0 Å². The number of anilines is 1. The van der Waals surface area contributed by atoms with Crippen molar-refractivity contribution in [3.8, 4) is 5.69 Å². The average Bonchev–Trinajstić information content (AvgIpc) is 3.55. The van der Waals surface area contributed by atoms with Gasteiger partial charge in [0.1, 0.15) is 0 Å². The Bertz CT molecular complexity index is 2750. The number of hydrogen-bond acceptors (Lipinski definition) is 7. The van der Waals surface area contributed by atoms with Crippen LogP contribution in [0.25, 0.3) is 16.5 Å². The molecule has 5 aromatic carbocycles. The zero-order valence-corrected chi connectivity index (χ0v) is 35.0. The Balaban J connectivity index is 1.26. The molecule has 0 aliphatic carbocycles. The van der Waals surface area contributed by atoms with Gasteiger partial charge in [0.05, 0.1) is 32.8 Å². The van der Waals surface area contributed by atoms with Gasteiger partial charge in [-0.05, 0) is 96.1 Å². The number of unbranched alkanes of at least 4 members (excludes halogenated alkanes) is 1. The van der Waals surface area contributed by atoms with Gasteiger partial charge in [0.2, 0.25) is 0 Å². The third-order valence-electron chi connectivity index (χ3n) is 10.9. The number of benzene rings is 5. The highest BCUT2D eigenvalue weighted by atomic mass is 35.5. The van der Waals surface area contributed by atoms with Crippen molar-refractivity contribution in [1.82, 2.24) is 19.4 Å². The van der Waals surface area contributed by atoms with Crippen molar-refractivity contribution in [3.63, 3.8) is 0 Å². The van der Waals surface area contributed by atoms with Crippen LogP contribution in [0, 0.1) is 6.92 Å². The van der Waals surface area contributed by atoms with Gasteiger partial charge in [-0.3, -0.25) is 19.2 Å². The fourth-order valence-electron chi connectivity index (χ4n) is 7.53. The minimum absolute atomic E-state index is 0.0498. The van der Waals surface area contributed by atoms with E-state index in [4.69, 9.17) is 11.6 Å². The first kappa shape index (κ1) is 41.8. The number of carbonyl (C=O) groups is 4. The molecule has 308 valence electrons. The number of nitrogens with zero attached hydrogens (tertiary/aromatic N) is 4. The van der Waals surface area contributed by atoms with Crippen molar-refractivity contribution >= 4 is 61.8 Å². The van der Waals surface area contributed by atoms with E-state index in [1.807, 2.05) is 43.3 Å². The zero-order chi connectivity index (χ0) is 42.7. The Morgan fingerprint density at radius 3 is 2.28 bits per heavy atom. The number of carbonyl (C=O) groups excluding carboxylic acids is 3. The highest BCUT2D eigenvalue weighted by Crippen LogP contribution is 2.31. The molecule has 7 rings (SSSR count). The molecular formula is C46H44ClN5O7S. The topological polar surface area (TPSA) is 159 Å². The molecule has 2 heterocycles. The molecule has 0 saturated carbocycles. The van der Waals surface area contributed by atoms with E-state index in [0.29, 0.717) is 61.2 Å². The molecule has 1 aliphatic rings. The zero-order valence-electron chi connectivity index (χ0n) is 33.4. The summed E-state index contributed by atoms with van der Waals surface area (Å²) in [7, 11) is -4.32. The normalized spacial score (nSPS) is 13.1. The molecule has 1 atom stereocenters. The minimum Gasteiger partial charge on any atom is -0.481 e. The molecule has 3 amide bonds. The van der Waals surface area contributed by atoms with Gasteiger partial charge in [0.25, 0.3) is 27.7 Å². The standard InChI is InChI=1S/C46H44ClN5O7S/c1-4-6-24-51(36-19-15-32(16-20-36)38(5-2)46(56)57)45(55)42-41(47)29(3)52(48-42)40-22-18-34(27-39(40)44(54)50-25-23-31-12-8-10-14-35(31)28-50)43(53)49-60(58,59)37-21-17-30-11-7-9-13-33(30)26-37/h7-22,26-27,38H,4-6,23-25,28H2,1-3H3,(H,49,53)(H,56,57). The van der Waals surface area contributed by atoms with Crippen LogP contribution >= 0.6 is 11.6 Å². The number of amides is 3. The lowest BCUT2D eigenvalue weighted by Gasteiger charge is -2.29. The predicted octanol–water partition coefficient (Wildman–Crippen LogP) is 8.33. The van der Waals surface area contributed by atoms with Crippen molar-refractivity contribution in [2.75, 3.05) is 18.0 Å². The molecule has 14 heteroatoms. The number of sulfonamides is 1. The monoisotopic (exact) mass is 845 g/mol. The number of aliphatic carboxylic acids is 1. The molecule has 0 bridgehead atoms. The number of rotatable bonds is 13. The van der Waals surface area contributed by atoms with E-state index in [0.717, 1.165) is 22.9 Å². The molecule has 2 N–H and O–H groups in total. The molecule has 1 unspecified atom stereocenters. The molecule has 12 nitrogen and oxygen atoms in total. The van der Waals surface area contributed by atoms with Crippen LogP contribution in [0.15, 0.2) is 114 Å². The van der Waals surface area contributed by atoms with Crippen LogP contribution in [0.1, 0.15) is 92.6 Å². The quantitative estimate of drug-likeness (QED) is 0.117. The van der Waals surface area contributed by atoms with Gasteiger partial charge in [-0.25, -0.2) is 17.8 Å². The number of carboxylic acids is 1. The lowest BCUT2D eigenvalue weighted by atomic mass is 9.96. The first-order valence-corrected chi connectivity index (χ1v) is 21.6. The Hall–Kier alpha value is -6.31. The van der Waals surface area contributed by atoms with E-state index in [2.05, 4.69) is 9.82 Å². The summed E-state index contributed by atoms with van der Waals surface area (Å²) in [5, 5.41) is 16.0. The Morgan fingerprint density at radius 1 is 0.883 bits per heavy atom. The van der Waals surface area contributed by atoms with Gasteiger partial charge in [0.15, 0.2) is 5.69 Å². The molecule has 60 heavy (non-hydrogen) atoms. The maximum atomic E-state index is 14.6. The van der Waals surface area contributed by atoms with Crippen LogP contribution in [0.4, 0.5) is 5.69 Å². The van der Waals surface area contributed by atoms with Crippen LogP contribution in [0.2, 0.25) is 5.02 Å². The van der Waals surface area contributed by atoms with Crippen molar-refractivity contribution in [3.05, 3.63) is 153 Å². The van der Waals surface area contributed by atoms with E-state index in [9.17, 15) is 32.7 Å². The molecular weight excluding hydrogens is 802 g/mol. The molecule has 1 aromatic heterocycles. The summed E-state index contributed by atoms with van der Waals surface area (Å²) in [5.41, 5.74) is 3.74. The fraction of sp³-hybridized carbons (Fsp3) is 0.239. The van der Waals surface area contributed by atoms with E-state index in [1.54, 1.807) is 66.1 Å². The molecule has 0 radical (unpaired) electrons. The van der Waals surface area contributed by atoms with Crippen LogP contribution in [0.5, 0.6) is 0 Å². The van der Waals surface area contributed by atoms with Gasteiger partial charge in [-0.2, -0.15) is 5.10 Å². The van der Waals surface area contributed by atoms with Gasteiger partial charge >= 0.3 is 5.97 Å². The van der Waals surface area contributed by atoms with Crippen LogP contribution in [0.3, 0.4) is 0 Å². The summed E-state index contributed by atoms with van der Waals surface area (Å²) in [6.07, 6.45) is 2.47. The smallest absolute Gasteiger partial charge is 0.310 e. The second-order valence-corrected chi connectivity index (χ2v) is 16.8. The third kappa shape index (κ3) is 8.41. The highest BCUT2D eigenvalue weighted by molar-refractivity contribution is 7.90. The number of fused-ring (bicyclic) bond motifs is 2. The number of nitrogens with one attached hydrogen (secondary N) is 1. The average molecular weight is 846 g/mol. The van der Waals surface area contributed by atoms with Crippen molar-refractivity contribution < 1.29 is 32.7 Å². The number of halogens is 1. The first-order valence-electron chi connectivity index (χ1n) is 19.8. The Labute approximate surface area is 353 Å². The Morgan fingerprint density at radius 2 is 1.58 bits per heavy atom. The summed E-state index contributed by atoms with van der Waals surface area (Å²) in [4.78, 5) is 57.6. The van der Waals surface area contributed by atoms with Crippen LogP contribution in [-0.2, 0) is 27.8 Å². The maximum Gasteiger partial charge on any atom is 0.310 e. The van der Waals surface area contributed by atoms with Gasteiger partial charge in [-0.1, -0.05) is 98.6 Å². The SMILES string of the molecule is CCCCN(C(=O)c1nn(-c2ccc(C(=O)NS(=O)(=O)c3ccc4ccccc4c3)cc2C(=O)N2CCc3ccccc3C2)c(C)c1Cl)c1ccc(C(CC)C(=O)O)cc1. The summed E-state index contributed by atoms with van der Waals surface area (Å²) in [6.45, 7) is 6.49. The maximum absolute atomic E-state index is 14.6. The summed E-state index contributed by atoms with van der Waals surface area (Å²) in [6, 6.07) is 30.7. The van der Waals surface area contributed by atoms with Gasteiger partial charge in [-0.15, -0.1) is 0 Å². The van der Waals surface area contributed by atoms with Gasteiger partial charge < -0.3 is 14.9 Å². The number of hydrogen-bond donors (Lipinski definition) is 2. The Kier molecular flexibility index (Phi) is 12.2. The van der Waals surface area contributed by atoms with Crippen molar-refractivity contribution in [2.45, 2.75) is 63.8 Å². The van der Waals surface area contributed by atoms with Crippen LogP contribution in [-0.4, -0.2) is 65.0 Å². The summed E-state index contributed by atoms with van der Waals surface area (Å²) < 4.78 is 30.5. The summed E-state index contributed by atoms with van der Waals surface area (Å²) >= 11 is 6.91. The molecule has 0 spiro atoms. The van der Waals surface area contributed by atoms with Crippen LogP contribution < -0.4 is 9.62 Å². The minimum atomic E-state index is -4.32.